The maximum absolute atomic E-state index is 13.0. The molecule has 1 aromatic rings. The number of halogens is 1. The van der Waals surface area contributed by atoms with E-state index in [1.807, 2.05) is 0 Å². The van der Waals surface area contributed by atoms with Crippen molar-refractivity contribution in [3.05, 3.63) is 35.6 Å². The number of carbonyl (C=O) groups excluding carboxylic acids is 3. The van der Waals surface area contributed by atoms with Crippen LogP contribution in [0.2, 0.25) is 0 Å². The van der Waals surface area contributed by atoms with Crippen LogP contribution in [0, 0.1) is 11.2 Å². The number of rotatable bonds is 4. The first-order valence-electron chi connectivity index (χ1n) is 7.13. The highest BCUT2D eigenvalue weighted by atomic mass is 19.1. The molecule has 1 amide bonds. The predicted molar refractivity (Wildman–Crippen MR) is 70.9 cm³/mol. The number of hydrogen-bond acceptors (Lipinski definition) is 3. The molecule has 108 valence electrons. The summed E-state index contributed by atoms with van der Waals surface area (Å²) in [6, 6.07) is 5.51. The van der Waals surface area contributed by atoms with E-state index < -0.39 is 17.2 Å². The SMILES string of the molecule is O=C1CCC(C(=O)C(=O)C23CC2(c2ccc(F)cc2)C3)N1. The summed E-state index contributed by atoms with van der Waals surface area (Å²) in [5.41, 5.74) is 0.103. The molecule has 3 aliphatic rings. The lowest BCUT2D eigenvalue weighted by Crippen LogP contribution is -2.39. The summed E-state index contributed by atoms with van der Waals surface area (Å²) in [4.78, 5) is 35.8. The first kappa shape index (κ1) is 12.7. The molecule has 0 aromatic heterocycles. The Balaban J connectivity index is 1.52. The third-order valence-corrected chi connectivity index (χ3v) is 5.24. The molecule has 0 radical (unpaired) electrons. The number of ketones is 2. The van der Waals surface area contributed by atoms with Crippen LogP contribution >= 0.6 is 0 Å². The standard InChI is InChI=1S/C16H14FNO3/c17-10-3-1-9(2-4-10)15-7-16(15,8-15)14(21)13(20)11-5-6-12(19)18-11/h1-4,11H,5-8H2,(H,18,19). The lowest BCUT2D eigenvalue weighted by atomic mass is 9.99. The van der Waals surface area contributed by atoms with Gasteiger partial charge >= 0.3 is 0 Å². The Hall–Kier alpha value is -2.04. The van der Waals surface area contributed by atoms with E-state index in [1.165, 1.54) is 12.1 Å². The summed E-state index contributed by atoms with van der Waals surface area (Å²) in [6.45, 7) is 0. The molecule has 21 heavy (non-hydrogen) atoms. The van der Waals surface area contributed by atoms with Gasteiger partial charge in [0.15, 0.2) is 0 Å². The van der Waals surface area contributed by atoms with Gasteiger partial charge in [-0.25, -0.2) is 4.39 Å². The van der Waals surface area contributed by atoms with Crippen LogP contribution in [0.25, 0.3) is 0 Å². The van der Waals surface area contributed by atoms with Crippen LogP contribution < -0.4 is 5.32 Å². The number of amides is 1. The molecule has 1 N–H and O–H groups in total. The first-order chi connectivity index (χ1) is 9.98. The fourth-order valence-corrected chi connectivity index (χ4v) is 3.72. The summed E-state index contributed by atoms with van der Waals surface area (Å²) in [5, 5.41) is 2.55. The van der Waals surface area contributed by atoms with Crippen molar-refractivity contribution in [2.45, 2.75) is 37.1 Å². The molecular weight excluding hydrogens is 273 g/mol. The topological polar surface area (TPSA) is 63.2 Å². The van der Waals surface area contributed by atoms with E-state index in [0.29, 0.717) is 25.7 Å². The van der Waals surface area contributed by atoms with Crippen LogP contribution in [0.5, 0.6) is 0 Å². The second-order valence-corrected chi connectivity index (χ2v) is 6.38. The largest absolute Gasteiger partial charge is 0.346 e. The van der Waals surface area contributed by atoms with Gasteiger partial charge < -0.3 is 5.32 Å². The van der Waals surface area contributed by atoms with Gasteiger partial charge in [-0.2, -0.15) is 0 Å². The molecule has 0 spiro atoms. The van der Waals surface area contributed by atoms with Crippen LogP contribution in [-0.2, 0) is 19.8 Å². The lowest BCUT2D eigenvalue weighted by Gasteiger charge is -2.08. The van der Waals surface area contributed by atoms with E-state index in [1.54, 1.807) is 12.1 Å². The minimum absolute atomic E-state index is 0.171. The highest BCUT2D eigenvalue weighted by Gasteiger charge is 2.87. The van der Waals surface area contributed by atoms with Gasteiger partial charge in [0, 0.05) is 17.3 Å². The van der Waals surface area contributed by atoms with Crippen molar-refractivity contribution >= 4 is 17.5 Å². The zero-order chi connectivity index (χ0) is 14.8. The molecular formula is C16H14FNO3. The number of fused-ring (bicyclic) bond motifs is 1. The molecule has 0 bridgehead atoms. The Morgan fingerprint density at radius 3 is 2.43 bits per heavy atom. The molecule has 4 nitrogen and oxygen atoms in total. The maximum Gasteiger partial charge on any atom is 0.221 e. The monoisotopic (exact) mass is 287 g/mol. The zero-order valence-electron chi connectivity index (χ0n) is 11.3. The molecule has 4 rings (SSSR count). The van der Waals surface area contributed by atoms with Gasteiger partial charge in [-0.05, 0) is 37.0 Å². The summed E-state index contributed by atoms with van der Waals surface area (Å²) in [5.74, 6) is -1.31. The molecule has 1 atom stereocenters. The molecule has 5 heteroatoms. The minimum atomic E-state index is -0.647. The third kappa shape index (κ3) is 1.57. The fourth-order valence-electron chi connectivity index (χ4n) is 3.72. The Labute approximate surface area is 120 Å². The number of benzene rings is 1. The average Bonchev–Trinajstić information content (AvgIpc) is 3.23. The molecule has 1 heterocycles. The van der Waals surface area contributed by atoms with Gasteiger partial charge in [0.05, 0.1) is 6.04 Å². The predicted octanol–water partition coefficient (Wildman–Crippen LogP) is 1.27. The highest BCUT2D eigenvalue weighted by Crippen LogP contribution is 2.86. The van der Waals surface area contributed by atoms with Crippen molar-refractivity contribution in [2.24, 2.45) is 5.41 Å². The summed E-state index contributed by atoms with van der Waals surface area (Å²) in [7, 11) is 0. The van der Waals surface area contributed by atoms with E-state index >= 15 is 0 Å². The Morgan fingerprint density at radius 1 is 1.19 bits per heavy atom. The molecule has 1 unspecified atom stereocenters. The van der Waals surface area contributed by atoms with Crippen molar-refractivity contribution in [1.82, 2.24) is 5.32 Å². The summed E-state index contributed by atoms with van der Waals surface area (Å²) < 4.78 is 13.0. The van der Waals surface area contributed by atoms with Crippen LogP contribution in [0.1, 0.15) is 31.2 Å². The third-order valence-electron chi connectivity index (χ3n) is 5.24. The van der Waals surface area contributed by atoms with Crippen molar-refractivity contribution in [3.63, 3.8) is 0 Å². The van der Waals surface area contributed by atoms with E-state index in [4.69, 9.17) is 0 Å². The van der Waals surface area contributed by atoms with E-state index in [0.717, 1.165) is 5.56 Å². The summed E-state index contributed by atoms with van der Waals surface area (Å²) in [6.07, 6.45) is 2.04. The van der Waals surface area contributed by atoms with E-state index in [-0.39, 0.29) is 22.9 Å². The number of hydrogen-bond donors (Lipinski definition) is 1. The molecule has 1 saturated heterocycles. The fraction of sp³-hybridized carbons (Fsp3) is 0.438. The Morgan fingerprint density at radius 2 is 1.86 bits per heavy atom. The smallest absolute Gasteiger partial charge is 0.221 e. The van der Waals surface area contributed by atoms with Crippen molar-refractivity contribution in [1.29, 1.82) is 0 Å². The lowest BCUT2D eigenvalue weighted by molar-refractivity contribution is -0.139. The maximum atomic E-state index is 13.0. The second kappa shape index (κ2) is 3.78. The van der Waals surface area contributed by atoms with Crippen LogP contribution in [-0.4, -0.2) is 23.5 Å². The van der Waals surface area contributed by atoms with Gasteiger partial charge in [0.1, 0.15) is 5.82 Å². The Kier molecular flexibility index (Phi) is 2.28. The van der Waals surface area contributed by atoms with Gasteiger partial charge in [0.25, 0.3) is 0 Å². The molecule has 3 fully saturated rings. The van der Waals surface area contributed by atoms with E-state index in [2.05, 4.69) is 5.32 Å². The Bertz CT molecular complexity index is 673. The molecule has 1 aromatic carbocycles. The van der Waals surface area contributed by atoms with Crippen molar-refractivity contribution < 1.29 is 18.8 Å². The summed E-state index contributed by atoms with van der Waals surface area (Å²) >= 11 is 0. The van der Waals surface area contributed by atoms with Crippen LogP contribution in [0.3, 0.4) is 0 Å². The van der Waals surface area contributed by atoms with Gasteiger partial charge in [0.2, 0.25) is 17.5 Å². The van der Waals surface area contributed by atoms with Crippen LogP contribution in [0.4, 0.5) is 4.39 Å². The van der Waals surface area contributed by atoms with Crippen molar-refractivity contribution in [2.75, 3.05) is 0 Å². The normalized spacial score (nSPS) is 35.9. The van der Waals surface area contributed by atoms with Gasteiger partial charge in [-0.3, -0.25) is 14.4 Å². The quantitative estimate of drug-likeness (QED) is 0.848. The number of Topliss-reactive ketones (excluding diaryl/α,β-unsaturated/α-hetero) is 2. The molecule has 2 saturated carbocycles. The number of carbonyl (C=O) groups is 3. The molecule has 1 aliphatic heterocycles. The average molecular weight is 287 g/mol. The number of nitrogens with one attached hydrogen (secondary N) is 1. The second-order valence-electron chi connectivity index (χ2n) is 6.38. The highest BCUT2D eigenvalue weighted by molar-refractivity contribution is 6.43. The zero-order valence-corrected chi connectivity index (χ0v) is 11.3. The van der Waals surface area contributed by atoms with Crippen LogP contribution in [0.15, 0.2) is 24.3 Å². The van der Waals surface area contributed by atoms with Gasteiger partial charge in [-0.15, -0.1) is 0 Å². The minimum Gasteiger partial charge on any atom is -0.346 e. The molecule has 2 aliphatic carbocycles. The first-order valence-corrected chi connectivity index (χ1v) is 7.13. The van der Waals surface area contributed by atoms with Gasteiger partial charge in [-0.1, -0.05) is 12.1 Å². The van der Waals surface area contributed by atoms with E-state index in [9.17, 15) is 18.8 Å². The van der Waals surface area contributed by atoms with Crippen molar-refractivity contribution in [3.8, 4) is 0 Å².